The summed E-state index contributed by atoms with van der Waals surface area (Å²) < 4.78 is 4.69. The third-order valence-corrected chi connectivity index (χ3v) is 7.14. The van der Waals surface area contributed by atoms with E-state index in [1.165, 1.54) is 16.7 Å². The van der Waals surface area contributed by atoms with Crippen LogP contribution in [0.5, 0.6) is 5.75 Å². The summed E-state index contributed by atoms with van der Waals surface area (Å²) in [6, 6.07) is 15.0. The number of carbonyl (C=O) groups excluding carboxylic acids is 3. The maximum Gasteiger partial charge on any atom is 0.328 e. The maximum atomic E-state index is 13.2. The van der Waals surface area contributed by atoms with Gasteiger partial charge >= 0.3 is 11.9 Å². The molecule has 2 N–H and O–H groups in total. The molecule has 0 aliphatic carbocycles. The van der Waals surface area contributed by atoms with Gasteiger partial charge in [-0.05, 0) is 31.5 Å². The Morgan fingerprint density at radius 1 is 1.06 bits per heavy atom. The maximum absolute atomic E-state index is 13.2. The Kier molecular flexibility index (Phi) is 5.68. The van der Waals surface area contributed by atoms with Crippen LogP contribution in [0.4, 0.5) is 0 Å². The van der Waals surface area contributed by atoms with Gasteiger partial charge in [0.25, 0.3) is 0 Å². The Balaban J connectivity index is 1.54. The molecule has 0 spiro atoms. The fraction of sp³-hybridized carbons (Fsp3) is 0.304. The highest BCUT2D eigenvalue weighted by Crippen LogP contribution is 2.50. The van der Waals surface area contributed by atoms with Gasteiger partial charge in [-0.3, -0.25) is 14.4 Å². The third kappa shape index (κ3) is 3.84. The topological polar surface area (TPSA) is 113 Å². The molecule has 2 aliphatic heterocycles. The van der Waals surface area contributed by atoms with Gasteiger partial charge in [0.2, 0.25) is 11.8 Å². The minimum absolute atomic E-state index is 0.300. The molecule has 2 aromatic rings. The van der Waals surface area contributed by atoms with Gasteiger partial charge in [0, 0.05) is 4.75 Å². The average Bonchev–Trinajstić information content (AvgIpc) is 3.01. The quantitative estimate of drug-likeness (QED) is 0.297. The Morgan fingerprint density at radius 2 is 1.66 bits per heavy atom. The van der Waals surface area contributed by atoms with Crippen molar-refractivity contribution in [3.05, 3.63) is 66.2 Å². The van der Waals surface area contributed by atoms with Crippen molar-refractivity contribution in [2.75, 3.05) is 0 Å². The number of hydrogen-bond acceptors (Lipinski definition) is 6. The van der Waals surface area contributed by atoms with E-state index < -0.39 is 51.9 Å². The van der Waals surface area contributed by atoms with Gasteiger partial charge < -0.3 is 20.1 Å². The predicted octanol–water partition coefficient (Wildman–Crippen LogP) is 2.01. The van der Waals surface area contributed by atoms with Crippen molar-refractivity contribution in [3.63, 3.8) is 0 Å². The third-order valence-electron chi connectivity index (χ3n) is 5.57. The first-order valence-electron chi connectivity index (χ1n) is 10.1. The van der Waals surface area contributed by atoms with Crippen molar-refractivity contribution in [1.29, 1.82) is 0 Å². The number of benzene rings is 2. The van der Waals surface area contributed by atoms with Crippen LogP contribution in [0.25, 0.3) is 0 Å². The molecule has 2 saturated heterocycles. The summed E-state index contributed by atoms with van der Waals surface area (Å²) in [6.07, 6.45) is 0. The number of esters is 1. The number of fused-ring (bicyclic) bond motifs is 1. The molecule has 2 fully saturated rings. The SMILES string of the molecule is CC1(C)S[C@@H]2[C@H](NC(=O)[C@H](C(=O)Oc3ccccc3)c3ccccc3)C(=O)N2[C@H]1C(=O)O. The number of rotatable bonds is 6. The first-order valence-corrected chi connectivity index (χ1v) is 10.9. The van der Waals surface area contributed by atoms with Crippen molar-refractivity contribution in [1.82, 2.24) is 10.2 Å². The molecule has 0 aromatic heterocycles. The standard InChI is InChI=1S/C23H22N2O6S/c1-23(2)17(21(28)29)25-19(27)16(20(25)32-23)24-18(26)15(13-9-5-3-6-10-13)22(30)31-14-11-7-4-8-12-14/h3-12,15-17,20H,1-2H3,(H,24,26)(H,28,29)/t15-,16-,17+,20-/m1/s1. The lowest BCUT2D eigenvalue weighted by molar-refractivity contribution is -0.161. The molecule has 0 radical (unpaired) electrons. The van der Waals surface area contributed by atoms with Crippen LogP contribution in [0.1, 0.15) is 25.3 Å². The number of carboxylic acids is 1. The average molecular weight is 455 g/mol. The second-order valence-corrected chi connectivity index (χ2v) is 9.93. The highest BCUT2D eigenvalue weighted by molar-refractivity contribution is 8.01. The smallest absolute Gasteiger partial charge is 0.328 e. The fourth-order valence-electron chi connectivity index (χ4n) is 4.09. The molecule has 2 heterocycles. The van der Waals surface area contributed by atoms with E-state index in [0.29, 0.717) is 11.3 Å². The van der Waals surface area contributed by atoms with E-state index in [1.54, 1.807) is 74.5 Å². The molecule has 32 heavy (non-hydrogen) atoms. The van der Waals surface area contributed by atoms with Crippen molar-refractivity contribution >= 4 is 35.5 Å². The van der Waals surface area contributed by atoms with Crippen molar-refractivity contribution in [2.24, 2.45) is 0 Å². The normalized spacial score (nSPS) is 24.1. The minimum atomic E-state index is -1.28. The molecule has 4 atom stereocenters. The first kappa shape index (κ1) is 21.9. The van der Waals surface area contributed by atoms with Crippen molar-refractivity contribution < 1.29 is 29.0 Å². The summed E-state index contributed by atoms with van der Waals surface area (Å²) in [5.74, 6) is -3.99. The fourth-order valence-corrected chi connectivity index (χ4v) is 5.71. The Hall–Kier alpha value is -3.33. The lowest BCUT2D eigenvalue weighted by Crippen LogP contribution is -2.71. The number of β-lactam (4-membered cyclic amide) rings is 1. The van der Waals surface area contributed by atoms with Gasteiger partial charge in [-0.2, -0.15) is 0 Å². The van der Waals surface area contributed by atoms with E-state index in [9.17, 15) is 24.3 Å². The van der Waals surface area contributed by atoms with E-state index in [2.05, 4.69) is 5.32 Å². The number of thioether (sulfide) groups is 1. The number of amides is 2. The van der Waals surface area contributed by atoms with E-state index in [0.717, 1.165) is 0 Å². The number of aliphatic carboxylic acids is 1. The molecule has 9 heteroatoms. The predicted molar refractivity (Wildman–Crippen MR) is 117 cm³/mol. The largest absolute Gasteiger partial charge is 0.480 e. The lowest BCUT2D eigenvalue weighted by atomic mass is 9.94. The second kappa shape index (κ2) is 8.31. The number of hydrogen-bond donors (Lipinski definition) is 2. The number of ether oxygens (including phenoxy) is 1. The van der Waals surface area contributed by atoms with Gasteiger partial charge in [0.1, 0.15) is 23.2 Å². The molecular formula is C23H22N2O6S. The zero-order valence-electron chi connectivity index (χ0n) is 17.4. The summed E-state index contributed by atoms with van der Waals surface area (Å²) in [4.78, 5) is 51.8. The van der Waals surface area contributed by atoms with Crippen LogP contribution >= 0.6 is 11.8 Å². The van der Waals surface area contributed by atoms with E-state index in [1.807, 2.05) is 0 Å². The molecule has 8 nitrogen and oxygen atoms in total. The molecule has 2 aromatic carbocycles. The molecule has 0 unspecified atom stereocenters. The number of carbonyl (C=O) groups is 4. The highest BCUT2D eigenvalue weighted by atomic mass is 32.2. The number of para-hydroxylation sites is 1. The van der Waals surface area contributed by atoms with Gasteiger partial charge in [-0.15, -0.1) is 11.8 Å². The summed E-state index contributed by atoms with van der Waals surface area (Å²) in [5, 5.41) is 11.7. The molecule has 2 amide bonds. The van der Waals surface area contributed by atoms with Crippen LogP contribution in [0.3, 0.4) is 0 Å². The van der Waals surface area contributed by atoms with E-state index in [-0.39, 0.29) is 0 Å². The summed E-state index contributed by atoms with van der Waals surface area (Å²) in [7, 11) is 0. The van der Waals surface area contributed by atoms with Gasteiger partial charge in [-0.1, -0.05) is 48.5 Å². The number of nitrogens with one attached hydrogen (secondary N) is 1. The zero-order chi connectivity index (χ0) is 23.0. The number of carboxylic acid groups (broad SMARTS) is 1. The van der Waals surface area contributed by atoms with Gasteiger partial charge in [0.15, 0.2) is 5.92 Å². The van der Waals surface area contributed by atoms with Crippen LogP contribution in [0.2, 0.25) is 0 Å². The lowest BCUT2D eigenvalue weighted by Gasteiger charge is -2.43. The van der Waals surface area contributed by atoms with Crippen LogP contribution < -0.4 is 10.1 Å². The van der Waals surface area contributed by atoms with E-state index >= 15 is 0 Å². The van der Waals surface area contributed by atoms with Crippen LogP contribution in [0.15, 0.2) is 60.7 Å². The van der Waals surface area contributed by atoms with E-state index in [4.69, 9.17) is 4.74 Å². The number of nitrogens with zero attached hydrogens (tertiary/aromatic N) is 1. The monoisotopic (exact) mass is 454 g/mol. The summed E-state index contributed by atoms with van der Waals surface area (Å²) in [6.45, 7) is 3.51. The molecule has 0 saturated carbocycles. The Labute approximate surface area is 188 Å². The van der Waals surface area contributed by atoms with Crippen molar-refractivity contribution in [2.45, 2.75) is 42.0 Å². The molecule has 0 bridgehead atoms. The Bertz CT molecular complexity index is 1060. The molecule has 2 aliphatic rings. The van der Waals surface area contributed by atoms with Gasteiger partial charge in [-0.25, -0.2) is 4.79 Å². The Morgan fingerprint density at radius 3 is 2.25 bits per heavy atom. The molecular weight excluding hydrogens is 432 g/mol. The van der Waals surface area contributed by atoms with Gasteiger partial charge in [0.05, 0.1) is 0 Å². The minimum Gasteiger partial charge on any atom is -0.480 e. The van der Waals surface area contributed by atoms with Crippen LogP contribution in [-0.2, 0) is 19.2 Å². The van der Waals surface area contributed by atoms with Crippen LogP contribution in [0, 0.1) is 0 Å². The van der Waals surface area contributed by atoms with Crippen molar-refractivity contribution in [3.8, 4) is 5.75 Å². The highest BCUT2D eigenvalue weighted by Gasteiger charge is 2.64. The van der Waals surface area contributed by atoms with Crippen LogP contribution in [-0.4, -0.2) is 56.0 Å². The second-order valence-electron chi connectivity index (χ2n) is 8.16. The summed E-state index contributed by atoms with van der Waals surface area (Å²) in [5.41, 5.74) is 0.428. The zero-order valence-corrected chi connectivity index (χ0v) is 18.2. The molecule has 4 rings (SSSR count). The first-order chi connectivity index (χ1) is 15.2. The molecule has 166 valence electrons. The summed E-state index contributed by atoms with van der Waals surface area (Å²) >= 11 is 1.32.